The van der Waals surface area contributed by atoms with Crippen molar-refractivity contribution in [1.82, 2.24) is 9.88 Å². The molecule has 96 valence electrons. The Labute approximate surface area is 107 Å². The standard InChI is InChI=1S/C13H22N2OS/c1-4-11-7-15(6-5-12(11)16)8-13-14-9(2)10(3)17-13/h11-12,16H,4-8H2,1-3H3. The maximum atomic E-state index is 9.86. The van der Waals surface area contributed by atoms with Crippen LogP contribution in [0.1, 0.15) is 35.3 Å². The largest absolute Gasteiger partial charge is 0.393 e. The van der Waals surface area contributed by atoms with Gasteiger partial charge in [-0.15, -0.1) is 11.3 Å². The Morgan fingerprint density at radius 3 is 2.82 bits per heavy atom. The molecule has 1 aliphatic heterocycles. The minimum Gasteiger partial charge on any atom is -0.393 e. The van der Waals surface area contributed by atoms with Crippen molar-refractivity contribution in [2.75, 3.05) is 13.1 Å². The van der Waals surface area contributed by atoms with Gasteiger partial charge in [0.25, 0.3) is 0 Å². The van der Waals surface area contributed by atoms with E-state index in [9.17, 15) is 5.11 Å². The maximum Gasteiger partial charge on any atom is 0.107 e. The van der Waals surface area contributed by atoms with Gasteiger partial charge in [-0.2, -0.15) is 0 Å². The van der Waals surface area contributed by atoms with Crippen molar-refractivity contribution in [3.05, 3.63) is 15.6 Å². The number of aliphatic hydroxyl groups is 1. The third-order valence-corrected chi connectivity index (χ3v) is 4.79. The molecule has 2 unspecified atom stereocenters. The summed E-state index contributed by atoms with van der Waals surface area (Å²) in [6, 6.07) is 0. The summed E-state index contributed by atoms with van der Waals surface area (Å²) in [7, 11) is 0. The second-order valence-electron chi connectivity index (χ2n) is 5.01. The van der Waals surface area contributed by atoms with Gasteiger partial charge >= 0.3 is 0 Å². The zero-order valence-corrected chi connectivity index (χ0v) is 11.8. The zero-order valence-electron chi connectivity index (χ0n) is 10.9. The van der Waals surface area contributed by atoms with Gasteiger partial charge in [0.1, 0.15) is 5.01 Å². The van der Waals surface area contributed by atoms with Gasteiger partial charge in [-0.1, -0.05) is 6.92 Å². The number of aliphatic hydroxyl groups excluding tert-OH is 1. The molecule has 17 heavy (non-hydrogen) atoms. The van der Waals surface area contributed by atoms with E-state index in [-0.39, 0.29) is 6.10 Å². The third kappa shape index (κ3) is 3.06. The molecular formula is C13H22N2OS. The molecule has 1 saturated heterocycles. The molecule has 1 fully saturated rings. The lowest BCUT2D eigenvalue weighted by Crippen LogP contribution is -2.42. The van der Waals surface area contributed by atoms with Crippen molar-refractivity contribution in [3.8, 4) is 0 Å². The molecule has 0 aliphatic carbocycles. The lowest BCUT2D eigenvalue weighted by Gasteiger charge is -2.35. The Balaban J connectivity index is 1.95. The van der Waals surface area contributed by atoms with E-state index in [1.165, 1.54) is 9.88 Å². The Morgan fingerprint density at radius 1 is 1.47 bits per heavy atom. The summed E-state index contributed by atoms with van der Waals surface area (Å²) in [5.41, 5.74) is 1.16. The molecule has 1 N–H and O–H groups in total. The molecule has 4 heteroatoms. The Bertz CT molecular complexity index is 358. The second-order valence-corrected chi connectivity index (χ2v) is 6.30. The van der Waals surface area contributed by atoms with Crippen LogP contribution in [0.2, 0.25) is 0 Å². The Morgan fingerprint density at radius 2 is 2.24 bits per heavy atom. The number of likely N-dealkylation sites (tertiary alicyclic amines) is 1. The zero-order chi connectivity index (χ0) is 12.4. The van der Waals surface area contributed by atoms with E-state index < -0.39 is 0 Å². The first-order valence-electron chi connectivity index (χ1n) is 6.43. The minimum absolute atomic E-state index is 0.101. The fourth-order valence-corrected chi connectivity index (χ4v) is 3.41. The average Bonchev–Trinajstić information content (AvgIpc) is 2.61. The number of piperidine rings is 1. The Kier molecular flexibility index (Phi) is 4.17. The van der Waals surface area contributed by atoms with Crippen molar-refractivity contribution in [2.45, 2.75) is 46.3 Å². The molecule has 0 bridgehead atoms. The first kappa shape index (κ1) is 13.0. The highest BCUT2D eigenvalue weighted by atomic mass is 32.1. The predicted molar refractivity (Wildman–Crippen MR) is 71.3 cm³/mol. The molecule has 1 aromatic rings. The van der Waals surface area contributed by atoms with Crippen LogP contribution in [0.4, 0.5) is 0 Å². The smallest absolute Gasteiger partial charge is 0.107 e. The van der Waals surface area contributed by atoms with Crippen LogP contribution in [0.15, 0.2) is 0 Å². The van der Waals surface area contributed by atoms with Crippen molar-refractivity contribution in [1.29, 1.82) is 0 Å². The predicted octanol–water partition coefficient (Wildman–Crippen LogP) is 2.35. The molecule has 3 nitrogen and oxygen atoms in total. The van der Waals surface area contributed by atoms with Crippen LogP contribution < -0.4 is 0 Å². The molecular weight excluding hydrogens is 232 g/mol. The Hall–Kier alpha value is -0.450. The normalized spacial score (nSPS) is 26.4. The summed E-state index contributed by atoms with van der Waals surface area (Å²) in [6.07, 6.45) is 1.87. The minimum atomic E-state index is -0.101. The summed E-state index contributed by atoms with van der Waals surface area (Å²) in [5, 5.41) is 11.1. The monoisotopic (exact) mass is 254 g/mol. The molecule has 1 aliphatic rings. The van der Waals surface area contributed by atoms with Gasteiger partial charge in [0.15, 0.2) is 0 Å². The van der Waals surface area contributed by atoms with Crippen molar-refractivity contribution < 1.29 is 5.11 Å². The highest BCUT2D eigenvalue weighted by Gasteiger charge is 2.26. The highest BCUT2D eigenvalue weighted by Crippen LogP contribution is 2.23. The van der Waals surface area contributed by atoms with E-state index in [1.54, 1.807) is 11.3 Å². The third-order valence-electron chi connectivity index (χ3n) is 3.73. The summed E-state index contributed by atoms with van der Waals surface area (Å²) in [4.78, 5) is 8.34. The maximum absolute atomic E-state index is 9.86. The van der Waals surface area contributed by atoms with Crippen LogP contribution in [0.3, 0.4) is 0 Å². The van der Waals surface area contributed by atoms with Crippen LogP contribution in [-0.2, 0) is 6.54 Å². The highest BCUT2D eigenvalue weighted by molar-refractivity contribution is 7.11. The molecule has 2 rings (SSSR count). The molecule has 0 radical (unpaired) electrons. The van der Waals surface area contributed by atoms with E-state index in [1.807, 2.05) is 0 Å². The SMILES string of the molecule is CCC1CN(Cc2nc(C)c(C)s2)CCC1O. The van der Waals surface area contributed by atoms with Crippen LogP contribution in [0, 0.1) is 19.8 Å². The first-order chi connectivity index (χ1) is 8.10. The molecule has 1 aromatic heterocycles. The van der Waals surface area contributed by atoms with Gasteiger partial charge in [0.2, 0.25) is 0 Å². The van der Waals surface area contributed by atoms with E-state index in [2.05, 4.69) is 30.7 Å². The second kappa shape index (κ2) is 5.46. The topological polar surface area (TPSA) is 36.4 Å². The average molecular weight is 254 g/mol. The molecule has 0 amide bonds. The number of hydrogen-bond donors (Lipinski definition) is 1. The van der Waals surface area contributed by atoms with E-state index in [0.29, 0.717) is 5.92 Å². The number of thiazole rings is 1. The van der Waals surface area contributed by atoms with E-state index in [0.717, 1.165) is 38.2 Å². The summed E-state index contributed by atoms with van der Waals surface area (Å²) < 4.78 is 0. The molecule has 0 aromatic carbocycles. The number of nitrogens with zero attached hydrogens (tertiary/aromatic N) is 2. The molecule has 0 saturated carbocycles. The van der Waals surface area contributed by atoms with Gasteiger partial charge in [0.05, 0.1) is 18.3 Å². The quantitative estimate of drug-likeness (QED) is 0.899. The summed E-state index contributed by atoms with van der Waals surface area (Å²) in [5.74, 6) is 0.436. The van der Waals surface area contributed by atoms with Crippen molar-refractivity contribution in [3.63, 3.8) is 0 Å². The van der Waals surface area contributed by atoms with Gasteiger partial charge in [-0.25, -0.2) is 4.98 Å². The molecule has 2 heterocycles. The number of aryl methyl sites for hydroxylation is 2. The van der Waals surface area contributed by atoms with E-state index >= 15 is 0 Å². The van der Waals surface area contributed by atoms with Gasteiger partial charge in [-0.3, -0.25) is 4.90 Å². The van der Waals surface area contributed by atoms with E-state index in [4.69, 9.17) is 0 Å². The van der Waals surface area contributed by atoms with Crippen molar-refractivity contribution in [2.24, 2.45) is 5.92 Å². The van der Waals surface area contributed by atoms with Crippen LogP contribution in [0.5, 0.6) is 0 Å². The first-order valence-corrected chi connectivity index (χ1v) is 7.25. The van der Waals surface area contributed by atoms with Crippen LogP contribution in [0.25, 0.3) is 0 Å². The van der Waals surface area contributed by atoms with Gasteiger partial charge < -0.3 is 5.11 Å². The lowest BCUT2D eigenvalue weighted by atomic mass is 9.92. The fourth-order valence-electron chi connectivity index (χ4n) is 2.44. The van der Waals surface area contributed by atoms with Gasteiger partial charge in [-0.05, 0) is 32.6 Å². The fraction of sp³-hybridized carbons (Fsp3) is 0.769. The number of aromatic nitrogens is 1. The van der Waals surface area contributed by atoms with Crippen LogP contribution >= 0.6 is 11.3 Å². The molecule has 0 spiro atoms. The van der Waals surface area contributed by atoms with Crippen LogP contribution in [-0.4, -0.2) is 34.2 Å². The summed E-state index contributed by atoms with van der Waals surface area (Å²) >= 11 is 1.80. The van der Waals surface area contributed by atoms with Crippen molar-refractivity contribution >= 4 is 11.3 Å². The summed E-state index contributed by atoms with van der Waals surface area (Å²) in [6.45, 7) is 9.32. The van der Waals surface area contributed by atoms with Gasteiger partial charge in [0, 0.05) is 18.0 Å². The number of hydrogen-bond acceptors (Lipinski definition) is 4. The number of rotatable bonds is 3. The lowest BCUT2D eigenvalue weighted by molar-refractivity contribution is 0.0221. The molecule has 2 atom stereocenters.